The van der Waals surface area contributed by atoms with Crippen molar-refractivity contribution >= 4 is 17.4 Å². The van der Waals surface area contributed by atoms with Gasteiger partial charge in [-0.25, -0.2) is 4.79 Å². The van der Waals surface area contributed by atoms with E-state index in [1.54, 1.807) is 24.3 Å². The van der Waals surface area contributed by atoms with Crippen molar-refractivity contribution in [3.05, 3.63) is 102 Å². The standard InChI is InChI=1S/C30H30N3O3.BrH/c31-19-22-8-7-11-25(18-22)27(34)20-33-16-14-23(15-17-33)28(21-33)36-30(35)29(24-9-3-1-4-10-24)32-26-12-5-2-6-13-26;/h1-13,18,23,28-29,32H,14-17,20-21H2;1H/q+1;/p-1/t23?,28-,29+,33?;/m0./s1. The molecule has 0 spiro atoms. The predicted octanol–water partition coefficient (Wildman–Crippen LogP) is 1.75. The summed E-state index contributed by atoms with van der Waals surface area (Å²) in [6, 6.07) is 27.7. The highest BCUT2D eigenvalue weighted by Gasteiger charge is 2.49. The molecular formula is C30H30BrN3O3. The second-order valence-corrected chi connectivity index (χ2v) is 9.91. The number of anilines is 1. The number of nitrogens with zero attached hydrogens (tertiary/aromatic N) is 2. The van der Waals surface area contributed by atoms with Crippen LogP contribution in [-0.2, 0) is 9.53 Å². The number of Topliss-reactive ketones (excluding diaryl/α,β-unsaturated/α-hetero) is 1. The largest absolute Gasteiger partial charge is 1.00 e. The number of piperidine rings is 3. The van der Waals surface area contributed by atoms with Gasteiger partial charge >= 0.3 is 5.97 Å². The maximum absolute atomic E-state index is 13.5. The topological polar surface area (TPSA) is 79.2 Å². The third-order valence-corrected chi connectivity index (χ3v) is 7.56. The summed E-state index contributed by atoms with van der Waals surface area (Å²) in [5.74, 6) is 0.0551. The maximum Gasteiger partial charge on any atom is 0.333 e. The van der Waals surface area contributed by atoms with Gasteiger partial charge in [-0.3, -0.25) is 4.79 Å². The minimum Gasteiger partial charge on any atom is -1.00 e. The number of benzene rings is 3. The third-order valence-electron chi connectivity index (χ3n) is 7.56. The van der Waals surface area contributed by atoms with Crippen LogP contribution in [0, 0.1) is 17.2 Å². The van der Waals surface area contributed by atoms with Crippen molar-refractivity contribution in [2.45, 2.75) is 25.0 Å². The van der Waals surface area contributed by atoms with Crippen molar-refractivity contribution in [2.75, 3.05) is 31.5 Å². The van der Waals surface area contributed by atoms with Crippen LogP contribution in [0.25, 0.3) is 0 Å². The smallest absolute Gasteiger partial charge is 0.333 e. The summed E-state index contributed by atoms with van der Waals surface area (Å²) < 4.78 is 6.82. The van der Waals surface area contributed by atoms with Crippen molar-refractivity contribution in [3.63, 3.8) is 0 Å². The van der Waals surface area contributed by atoms with E-state index in [0.717, 1.165) is 37.2 Å². The molecule has 1 N–H and O–H groups in total. The number of rotatable bonds is 8. The van der Waals surface area contributed by atoms with Gasteiger partial charge in [0.1, 0.15) is 13.1 Å². The Kier molecular flexibility index (Phi) is 8.42. The molecule has 0 aliphatic carbocycles. The lowest BCUT2D eigenvalue weighted by molar-refractivity contribution is -0.938. The van der Waals surface area contributed by atoms with E-state index >= 15 is 0 Å². The summed E-state index contributed by atoms with van der Waals surface area (Å²) in [5, 5.41) is 12.5. The number of fused-ring (bicyclic) bond motifs is 3. The van der Waals surface area contributed by atoms with Crippen LogP contribution < -0.4 is 22.3 Å². The van der Waals surface area contributed by atoms with E-state index in [9.17, 15) is 14.9 Å². The molecule has 3 aliphatic rings. The molecule has 3 aromatic carbocycles. The summed E-state index contributed by atoms with van der Waals surface area (Å²) >= 11 is 0. The SMILES string of the molecule is N#Cc1cccc(C(=O)C[N+]23CCC(CC2)[C@@H](OC(=O)[C@H](Nc2ccccc2)c2ccccc2)C3)c1.[Br-]. The molecule has 0 saturated carbocycles. The lowest BCUT2D eigenvalue weighted by Crippen LogP contribution is -3.00. The minimum absolute atomic E-state index is 0. The van der Waals surface area contributed by atoms with Crippen LogP contribution in [0.3, 0.4) is 0 Å². The Morgan fingerprint density at radius 3 is 2.32 bits per heavy atom. The second kappa shape index (κ2) is 11.7. The van der Waals surface area contributed by atoms with Gasteiger partial charge in [0.25, 0.3) is 0 Å². The Labute approximate surface area is 228 Å². The Bertz CT molecular complexity index is 1270. The second-order valence-electron chi connectivity index (χ2n) is 9.91. The molecule has 190 valence electrons. The summed E-state index contributed by atoms with van der Waals surface area (Å²) in [6.45, 7) is 2.83. The molecule has 37 heavy (non-hydrogen) atoms. The molecule has 0 aromatic heterocycles. The van der Waals surface area contributed by atoms with Crippen LogP contribution in [0.2, 0.25) is 0 Å². The fourth-order valence-corrected chi connectivity index (χ4v) is 5.58. The number of para-hydroxylation sites is 1. The van der Waals surface area contributed by atoms with Crippen LogP contribution in [-0.4, -0.2) is 48.5 Å². The predicted molar refractivity (Wildman–Crippen MR) is 137 cm³/mol. The van der Waals surface area contributed by atoms with Crippen LogP contribution >= 0.6 is 0 Å². The van der Waals surface area contributed by atoms with E-state index < -0.39 is 6.04 Å². The Morgan fingerprint density at radius 2 is 1.65 bits per heavy atom. The summed E-state index contributed by atoms with van der Waals surface area (Å²) in [6.07, 6.45) is 1.65. The fourth-order valence-electron chi connectivity index (χ4n) is 5.58. The van der Waals surface area contributed by atoms with E-state index in [1.807, 2.05) is 60.7 Å². The van der Waals surface area contributed by atoms with Crippen LogP contribution in [0.15, 0.2) is 84.9 Å². The third kappa shape index (κ3) is 6.10. The molecule has 7 heteroatoms. The van der Waals surface area contributed by atoms with E-state index in [1.165, 1.54) is 0 Å². The van der Waals surface area contributed by atoms with Crippen molar-refractivity contribution in [2.24, 2.45) is 5.92 Å². The molecule has 6 nitrogen and oxygen atoms in total. The maximum atomic E-state index is 13.5. The van der Waals surface area contributed by atoms with E-state index in [0.29, 0.717) is 34.6 Å². The number of hydrogen-bond acceptors (Lipinski definition) is 5. The molecule has 0 unspecified atom stereocenters. The average Bonchev–Trinajstić information content (AvgIpc) is 2.93. The molecule has 3 heterocycles. The molecule has 3 aromatic rings. The van der Waals surface area contributed by atoms with Gasteiger partial charge in [0.2, 0.25) is 5.78 Å². The molecule has 0 amide bonds. The number of nitrogens with one attached hydrogen (secondary N) is 1. The molecule has 2 atom stereocenters. The van der Waals surface area contributed by atoms with Crippen molar-refractivity contribution < 1.29 is 35.8 Å². The van der Waals surface area contributed by atoms with Crippen LogP contribution in [0.4, 0.5) is 5.69 Å². The first-order valence-electron chi connectivity index (χ1n) is 12.5. The van der Waals surface area contributed by atoms with Gasteiger partial charge in [0.05, 0.1) is 24.7 Å². The number of halogens is 1. The molecular weight excluding hydrogens is 530 g/mol. The normalized spacial score (nSPS) is 22.7. The minimum atomic E-state index is -0.618. The monoisotopic (exact) mass is 559 g/mol. The molecule has 2 bridgehead atoms. The zero-order valence-electron chi connectivity index (χ0n) is 20.6. The first kappa shape index (κ1) is 26.6. The fraction of sp³-hybridized carbons (Fsp3) is 0.300. The van der Waals surface area contributed by atoms with Gasteiger partial charge in [0, 0.05) is 30.0 Å². The highest BCUT2D eigenvalue weighted by atomic mass is 79.9. The van der Waals surface area contributed by atoms with Crippen LogP contribution in [0.1, 0.15) is 40.4 Å². The van der Waals surface area contributed by atoms with Gasteiger partial charge in [-0.15, -0.1) is 0 Å². The summed E-state index contributed by atoms with van der Waals surface area (Å²) in [4.78, 5) is 26.7. The number of nitriles is 1. The number of ether oxygens (including phenoxy) is 1. The Hall–Kier alpha value is -3.47. The van der Waals surface area contributed by atoms with Gasteiger partial charge in [0.15, 0.2) is 12.1 Å². The zero-order valence-corrected chi connectivity index (χ0v) is 22.1. The molecule has 3 aliphatic heterocycles. The van der Waals surface area contributed by atoms with Crippen molar-refractivity contribution in [1.82, 2.24) is 0 Å². The van der Waals surface area contributed by atoms with E-state index in [4.69, 9.17) is 4.74 Å². The number of quaternary nitrogens is 1. The number of carbonyl (C=O) groups is 2. The number of carbonyl (C=O) groups excluding carboxylic acids is 2. The average molecular weight is 560 g/mol. The molecule has 0 radical (unpaired) electrons. The number of esters is 1. The highest BCUT2D eigenvalue weighted by molar-refractivity contribution is 5.97. The van der Waals surface area contributed by atoms with Gasteiger partial charge < -0.3 is 31.5 Å². The first-order chi connectivity index (χ1) is 17.5. The number of ketones is 1. The van der Waals surface area contributed by atoms with Gasteiger partial charge in [-0.1, -0.05) is 60.7 Å². The van der Waals surface area contributed by atoms with Gasteiger partial charge in [-0.2, -0.15) is 5.26 Å². The quantitative estimate of drug-likeness (QED) is 0.258. The highest BCUT2D eigenvalue weighted by Crippen LogP contribution is 2.36. The van der Waals surface area contributed by atoms with Gasteiger partial charge in [-0.05, 0) is 29.8 Å². The van der Waals surface area contributed by atoms with Crippen molar-refractivity contribution in [1.29, 1.82) is 5.26 Å². The molecule has 3 fully saturated rings. The number of hydrogen-bond donors (Lipinski definition) is 1. The summed E-state index contributed by atoms with van der Waals surface area (Å²) in [5.41, 5.74) is 2.76. The first-order valence-corrected chi connectivity index (χ1v) is 12.5. The summed E-state index contributed by atoms with van der Waals surface area (Å²) in [7, 11) is 0. The molecule has 6 rings (SSSR count). The van der Waals surface area contributed by atoms with E-state index in [-0.39, 0.29) is 34.8 Å². The Morgan fingerprint density at radius 1 is 0.973 bits per heavy atom. The molecule has 3 saturated heterocycles. The van der Waals surface area contributed by atoms with Crippen LogP contribution in [0.5, 0.6) is 0 Å². The van der Waals surface area contributed by atoms with E-state index in [2.05, 4.69) is 11.4 Å². The Balaban J connectivity index is 0.00000320. The lowest BCUT2D eigenvalue weighted by atomic mass is 9.82. The van der Waals surface area contributed by atoms with Crippen molar-refractivity contribution in [3.8, 4) is 6.07 Å². The lowest BCUT2D eigenvalue weighted by Gasteiger charge is -2.51. The zero-order chi connectivity index (χ0) is 25.0.